The van der Waals surface area contributed by atoms with Gasteiger partial charge in [0.05, 0.1) is 6.04 Å². The van der Waals surface area contributed by atoms with Crippen molar-refractivity contribution in [1.29, 1.82) is 5.41 Å². The number of rotatable bonds is 15. The van der Waals surface area contributed by atoms with Crippen LogP contribution >= 0.6 is 0 Å². The standard InChI is InChI=1S/C32H39N3O3/c1-23(30(37)22-16-26-11-17-27(18-12-26)31(33)34)35-32(38)28(19-13-24-7-3-2-4-8-24)10-6-5-9-25-14-20-29(36)21-15-25/h2-4,7-8,11-12,14-15,17-18,20-21,23,28,36H,5-6,9-10,13,16,19,22H2,1H3,(H3,33,34)(H,35,38)/t23-,28+/m0/s1. The van der Waals surface area contributed by atoms with E-state index in [1.54, 1.807) is 31.2 Å². The largest absolute Gasteiger partial charge is 0.508 e. The van der Waals surface area contributed by atoms with Gasteiger partial charge in [-0.15, -0.1) is 0 Å². The number of aryl methyl sites for hydroxylation is 3. The van der Waals surface area contributed by atoms with Gasteiger partial charge in [-0.1, -0.05) is 73.2 Å². The third kappa shape index (κ3) is 9.51. The van der Waals surface area contributed by atoms with Crippen LogP contribution in [0.15, 0.2) is 78.9 Å². The van der Waals surface area contributed by atoms with Crippen LogP contribution in [-0.2, 0) is 28.9 Å². The smallest absolute Gasteiger partial charge is 0.223 e. The van der Waals surface area contributed by atoms with Crippen LogP contribution in [-0.4, -0.2) is 28.7 Å². The number of Topliss-reactive ketones (excluding diaryl/α,β-unsaturated/α-hetero) is 1. The topological polar surface area (TPSA) is 116 Å². The molecule has 3 rings (SSSR count). The summed E-state index contributed by atoms with van der Waals surface area (Å²) in [5.41, 5.74) is 9.53. The second-order valence-corrected chi connectivity index (χ2v) is 9.94. The first-order valence-electron chi connectivity index (χ1n) is 13.4. The molecule has 0 radical (unpaired) electrons. The van der Waals surface area contributed by atoms with E-state index in [4.69, 9.17) is 11.1 Å². The number of phenols is 1. The first-order chi connectivity index (χ1) is 18.3. The van der Waals surface area contributed by atoms with Crippen molar-refractivity contribution in [3.8, 4) is 5.75 Å². The third-order valence-electron chi connectivity index (χ3n) is 6.97. The van der Waals surface area contributed by atoms with Crippen LogP contribution < -0.4 is 11.1 Å². The molecule has 6 heteroatoms. The van der Waals surface area contributed by atoms with Crippen LogP contribution in [0, 0.1) is 11.3 Å². The van der Waals surface area contributed by atoms with Crippen molar-refractivity contribution in [1.82, 2.24) is 5.32 Å². The van der Waals surface area contributed by atoms with Gasteiger partial charge in [-0.05, 0) is 74.3 Å². The molecule has 0 saturated heterocycles. The van der Waals surface area contributed by atoms with Gasteiger partial charge in [0, 0.05) is 17.9 Å². The number of benzene rings is 3. The zero-order chi connectivity index (χ0) is 27.3. The van der Waals surface area contributed by atoms with Crippen molar-refractivity contribution in [2.45, 2.75) is 64.3 Å². The van der Waals surface area contributed by atoms with Crippen LogP contribution in [0.2, 0.25) is 0 Å². The average Bonchev–Trinajstić information content (AvgIpc) is 2.92. The van der Waals surface area contributed by atoms with Crippen LogP contribution in [0.4, 0.5) is 0 Å². The molecular weight excluding hydrogens is 474 g/mol. The summed E-state index contributed by atoms with van der Waals surface area (Å²) in [5, 5.41) is 19.9. The van der Waals surface area contributed by atoms with Gasteiger partial charge in [0.1, 0.15) is 11.6 Å². The minimum Gasteiger partial charge on any atom is -0.508 e. The van der Waals surface area contributed by atoms with Crippen molar-refractivity contribution in [3.63, 3.8) is 0 Å². The molecule has 0 heterocycles. The normalized spacial score (nSPS) is 12.4. The molecule has 0 saturated carbocycles. The monoisotopic (exact) mass is 513 g/mol. The lowest BCUT2D eigenvalue weighted by Crippen LogP contribution is -2.42. The predicted molar refractivity (Wildman–Crippen MR) is 152 cm³/mol. The molecule has 0 unspecified atom stereocenters. The quantitative estimate of drug-likeness (QED) is 0.125. The first kappa shape index (κ1) is 28.6. The number of ketones is 1. The molecule has 1 amide bonds. The van der Waals surface area contributed by atoms with E-state index >= 15 is 0 Å². The highest BCUT2D eigenvalue weighted by molar-refractivity contribution is 5.95. The maximum Gasteiger partial charge on any atom is 0.223 e. The van der Waals surface area contributed by atoms with Crippen LogP contribution in [0.1, 0.15) is 61.3 Å². The Kier molecular flexibility index (Phi) is 11.1. The van der Waals surface area contributed by atoms with E-state index in [9.17, 15) is 14.7 Å². The molecule has 6 nitrogen and oxygen atoms in total. The number of aromatic hydroxyl groups is 1. The van der Waals surface area contributed by atoms with Gasteiger partial charge in [0.2, 0.25) is 5.91 Å². The van der Waals surface area contributed by atoms with Gasteiger partial charge < -0.3 is 16.2 Å². The molecular formula is C32H39N3O3. The SMILES string of the molecule is C[C@H](NC(=O)[C@H](CCCCc1ccc(O)cc1)CCc1ccccc1)C(=O)CCc1ccc(C(=N)N)cc1. The Morgan fingerprint density at radius 1 is 0.816 bits per heavy atom. The number of amidine groups is 1. The number of carbonyl (C=O) groups excluding carboxylic acids is 2. The number of hydrogen-bond donors (Lipinski definition) is 4. The number of nitrogens with two attached hydrogens (primary N) is 1. The van der Waals surface area contributed by atoms with Gasteiger partial charge >= 0.3 is 0 Å². The molecule has 0 aliphatic rings. The molecule has 0 aromatic heterocycles. The van der Waals surface area contributed by atoms with E-state index in [2.05, 4.69) is 17.4 Å². The van der Waals surface area contributed by atoms with Gasteiger partial charge in [-0.3, -0.25) is 15.0 Å². The van der Waals surface area contributed by atoms with Gasteiger partial charge in [0.25, 0.3) is 0 Å². The summed E-state index contributed by atoms with van der Waals surface area (Å²) in [6, 6.07) is 24.2. The number of nitrogen functional groups attached to an aromatic ring is 1. The lowest BCUT2D eigenvalue weighted by atomic mass is 9.92. The average molecular weight is 514 g/mol. The molecule has 38 heavy (non-hydrogen) atoms. The van der Waals surface area contributed by atoms with E-state index in [0.717, 1.165) is 44.1 Å². The third-order valence-corrected chi connectivity index (χ3v) is 6.97. The Labute approximate surface area is 225 Å². The number of phenolic OH excluding ortho intramolecular Hbond substituents is 1. The van der Waals surface area contributed by atoms with Crippen molar-refractivity contribution >= 4 is 17.5 Å². The highest BCUT2D eigenvalue weighted by Crippen LogP contribution is 2.19. The zero-order valence-electron chi connectivity index (χ0n) is 22.2. The van der Waals surface area contributed by atoms with Gasteiger partial charge in [-0.25, -0.2) is 0 Å². The Morgan fingerprint density at radius 2 is 1.42 bits per heavy atom. The molecule has 3 aromatic rings. The summed E-state index contributed by atoms with van der Waals surface area (Å²) in [7, 11) is 0. The number of amides is 1. The Bertz CT molecular complexity index is 1170. The van der Waals surface area contributed by atoms with Crippen LogP contribution in [0.25, 0.3) is 0 Å². The fourth-order valence-corrected chi connectivity index (χ4v) is 4.52. The second-order valence-electron chi connectivity index (χ2n) is 9.94. The number of unbranched alkanes of at least 4 members (excludes halogenated alkanes) is 1. The molecule has 0 spiro atoms. The summed E-state index contributed by atoms with van der Waals surface area (Å²) in [5.74, 6) is 0.0665. The van der Waals surface area contributed by atoms with Gasteiger partial charge in [0.15, 0.2) is 5.78 Å². The molecule has 0 aliphatic heterocycles. The molecule has 5 N–H and O–H groups in total. The van der Waals surface area contributed by atoms with Crippen molar-refractivity contribution in [2.75, 3.05) is 0 Å². The fraction of sp³-hybridized carbons (Fsp3) is 0.344. The Balaban J connectivity index is 1.51. The predicted octanol–water partition coefficient (Wildman–Crippen LogP) is 5.34. The molecule has 3 aromatic carbocycles. The highest BCUT2D eigenvalue weighted by atomic mass is 16.3. The van der Waals surface area contributed by atoms with E-state index < -0.39 is 6.04 Å². The van der Waals surface area contributed by atoms with E-state index in [0.29, 0.717) is 18.4 Å². The lowest BCUT2D eigenvalue weighted by molar-refractivity contribution is -0.130. The maximum atomic E-state index is 13.2. The minimum atomic E-state index is -0.546. The van der Waals surface area contributed by atoms with Crippen LogP contribution in [0.5, 0.6) is 5.75 Å². The number of hydrogen-bond acceptors (Lipinski definition) is 4. The van der Waals surface area contributed by atoms with E-state index in [1.165, 1.54) is 11.1 Å². The Hall–Kier alpha value is -3.93. The summed E-state index contributed by atoms with van der Waals surface area (Å²) >= 11 is 0. The van der Waals surface area contributed by atoms with Crippen molar-refractivity contribution < 1.29 is 14.7 Å². The highest BCUT2D eigenvalue weighted by Gasteiger charge is 2.22. The summed E-state index contributed by atoms with van der Waals surface area (Å²) in [6.07, 6.45) is 5.99. The number of nitrogens with one attached hydrogen (secondary N) is 2. The zero-order valence-corrected chi connectivity index (χ0v) is 22.2. The molecule has 0 aliphatic carbocycles. The van der Waals surface area contributed by atoms with E-state index in [-0.39, 0.29) is 29.2 Å². The molecule has 200 valence electrons. The number of carbonyl (C=O) groups is 2. The molecule has 2 atom stereocenters. The Morgan fingerprint density at radius 3 is 2.08 bits per heavy atom. The first-order valence-corrected chi connectivity index (χ1v) is 13.4. The summed E-state index contributed by atoms with van der Waals surface area (Å²) in [4.78, 5) is 26.0. The molecule has 0 fully saturated rings. The molecule has 0 bridgehead atoms. The van der Waals surface area contributed by atoms with Crippen molar-refractivity contribution in [2.24, 2.45) is 11.7 Å². The second kappa shape index (κ2) is 14.7. The lowest BCUT2D eigenvalue weighted by Gasteiger charge is -2.20. The van der Waals surface area contributed by atoms with Crippen LogP contribution in [0.3, 0.4) is 0 Å². The fourth-order valence-electron chi connectivity index (χ4n) is 4.52. The van der Waals surface area contributed by atoms with E-state index in [1.807, 2.05) is 42.5 Å². The maximum absolute atomic E-state index is 13.2. The van der Waals surface area contributed by atoms with Crippen molar-refractivity contribution in [3.05, 3.63) is 101 Å². The minimum absolute atomic E-state index is 0.00290. The van der Waals surface area contributed by atoms with Gasteiger partial charge in [-0.2, -0.15) is 0 Å². The summed E-state index contributed by atoms with van der Waals surface area (Å²) < 4.78 is 0. The summed E-state index contributed by atoms with van der Waals surface area (Å²) in [6.45, 7) is 1.76.